The fourth-order valence-electron chi connectivity index (χ4n) is 3.39. The van der Waals surface area contributed by atoms with Gasteiger partial charge in [-0.2, -0.15) is 5.10 Å². The van der Waals surface area contributed by atoms with Crippen molar-refractivity contribution >= 4 is 11.8 Å². The summed E-state index contributed by atoms with van der Waals surface area (Å²) in [7, 11) is 1.80. The van der Waals surface area contributed by atoms with Crippen molar-refractivity contribution in [2.75, 3.05) is 6.54 Å². The van der Waals surface area contributed by atoms with Gasteiger partial charge in [0.15, 0.2) is 0 Å². The van der Waals surface area contributed by atoms with Gasteiger partial charge in [-0.1, -0.05) is 19.9 Å². The van der Waals surface area contributed by atoms with Crippen LogP contribution in [0, 0.1) is 5.92 Å². The molecule has 1 fully saturated rings. The number of hydrogen-bond donors (Lipinski definition) is 1. The number of rotatable bonds is 7. The van der Waals surface area contributed by atoms with Crippen LogP contribution in [0.25, 0.3) is 0 Å². The number of aryl methyl sites for hydroxylation is 1. The highest BCUT2D eigenvalue weighted by Crippen LogP contribution is 2.16. The maximum atomic E-state index is 13.3. The van der Waals surface area contributed by atoms with Gasteiger partial charge in [0.05, 0.1) is 17.9 Å². The van der Waals surface area contributed by atoms with E-state index in [2.05, 4.69) is 29.2 Å². The van der Waals surface area contributed by atoms with Crippen LogP contribution in [0.4, 0.5) is 0 Å². The fourth-order valence-corrected chi connectivity index (χ4v) is 3.39. The van der Waals surface area contributed by atoms with Gasteiger partial charge in [-0.25, -0.2) is 0 Å². The third-order valence-electron chi connectivity index (χ3n) is 4.66. The molecule has 0 saturated carbocycles. The van der Waals surface area contributed by atoms with Gasteiger partial charge in [0.2, 0.25) is 5.91 Å². The zero-order chi connectivity index (χ0) is 19.4. The van der Waals surface area contributed by atoms with E-state index in [1.54, 1.807) is 22.8 Å². The predicted molar refractivity (Wildman–Crippen MR) is 102 cm³/mol. The predicted octanol–water partition coefficient (Wildman–Crippen LogP) is 1.93. The second-order valence-electron chi connectivity index (χ2n) is 7.55. The highest BCUT2D eigenvalue weighted by Gasteiger charge is 2.27. The highest BCUT2D eigenvalue weighted by molar-refractivity contribution is 5.92. The molecule has 0 unspecified atom stereocenters. The molecule has 0 radical (unpaired) electrons. The molecule has 1 aliphatic heterocycles. The Morgan fingerprint density at radius 2 is 2.19 bits per heavy atom. The summed E-state index contributed by atoms with van der Waals surface area (Å²) in [6.07, 6.45) is 3.82. The molecule has 3 heterocycles. The lowest BCUT2D eigenvalue weighted by atomic mass is 10.1. The van der Waals surface area contributed by atoms with Gasteiger partial charge in [0, 0.05) is 32.3 Å². The molecule has 2 amide bonds. The lowest BCUT2D eigenvalue weighted by Gasteiger charge is -2.25. The summed E-state index contributed by atoms with van der Waals surface area (Å²) in [4.78, 5) is 30.9. The van der Waals surface area contributed by atoms with Crippen LogP contribution in [0.1, 0.15) is 48.6 Å². The van der Waals surface area contributed by atoms with E-state index >= 15 is 0 Å². The molecule has 2 aromatic heterocycles. The Labute approximate surface area is 159 Å². The van der Waals surface area contributed by atoms with Crippen LogP contribution in [-0.2, 0) is 24.8 Å². The number of nitrogens with zero attached hydrogens (tertiary/aromatic N) is 4. The van der Waals surface area contributed by atoms with E-state index in [0.29, 0.717) is 31.1 Å². The van der Waals surface area contributed by atoms with E-state index in [4.69, 9.17) is 0 Å². The van der Waals surface area contributed by atoms with Crippen molar-refractivity contribution in [2.24, 2.45) is 13.0 Å². The van der Waals surface area contributed by atoms with E-state index in [9.17, 15) is 9.59 Å². The first-order chi connectivity index (χ1) is 12.9. The van der Waals surface area contributed by atoms with Gasteiger partial charge >= 0.3 is 0 Å². The van der Waals surface area contributed by atoms with Crippen LogP contribution in [0.15, 0.2) is 30.5 Å². The summed E-state index contributed by atoms with van der Waals surface area (Å²) >= 11 is 0. The summed E-state index contributed by atoms with van der Waals surface area (Å²) < 4.78 is 1.65. The van der Waals surface area contributed by atoms with Crippen molar-refractivity contribution in [3.8, 4) is 0 Å². The Hall–Kier alpha value is -2.70. The lowest BCUT2D eigenvalue weighted by molar-refractivity contribution is -0.119. The van der Waals surface area contributed by atoms with Crippen molar-refractivity contribution in [1.82, 2.24) is 25.0 Å². The van der Waals surface area contributed by atoms with Crippen LogP contribution in [0.3, 0.4) is 0 Å². The number of carbonyl (C=O) groups is 2. The van der Waals surface area contributed by atoms with E-state index in [0.717, 1.165) is 24.2 Å². The molecule has 2 aromatic rings. The van der Waals surface area contributed by atoms with Crippen LogP contribution >= 0.6 is 0 Å². The third kappa shape index (κ3) is 4.93. The molecule has 7 heteroatoms. The number of carbonyl (C=O) groups excluding carboxylic acids is 2. The molecule has 27 heavy (non-hydrogen) atoms. The standard InChI is InChI=1S/C20H27N5O2/c1-14(2)10-17-11-18(24(3)23-17)20(27)25(12-15-6-4-5-9-21-15)13-16-7-8-19(26)22-16/h4-6,9,11,14,16H,7-8,10,12-13H2,1-3H3,(H,22,26)/t16-/m0/s1. The Morgan fingerprint density at radius 1 is 1.37 bits per heavy atom. The summed E-state index contributed by atoms with van der Waals surface area (Å²) in [6.45, 7) is 5.13. The number of amides is 2. The van der Waals surface area contributed by atoms with Gasteiger partial charge in [-0.05, 0) is 37.0 Å². The van der Waals surface area contributed by atoms with Crippen LogP contribution < -0.4 is 5.32 Å². The minimum absolute atomic E-state index is 0.0199. The second-order valence-corrected chi connectivity index (χ2v) is 7.55. The number of aromatic nitrogens is 3. The fraction of sp³-hybridized carbons (Fsp3) is 0.500. The first kappa shape index (κ1) is 19.1. The molecule has 7 nitrogen and oxygen atoms in total. The van der Waals surface area contributed by atoms with E-state index < -0.39 is 0 Å². The first-order valence-electron chi connectivity index (χ1n) is 9.44. The third-order valence-corrected chi connectivity index (χ3v) is 4.66. The molecule has 1 saturated heterocycles. The zero-order valence-electron chi connectivity index (χ0n) is 16.2. The molecule has 3 rings (SSSR count). The van der Waals surface area contributed by atoms with E-state index in [1.165, 1.54) is 0 Å². The molecule has 0 aliphatic carbocycles. The molecule has 0 spiro atoms. The van der Waals surface area contributed by atoms with Crippen molar-refractivity contribution in [3.63, 3.8) is 0 Å². The number of nitrogens with one attached hydrogen (secondary N) is 1. The summed E-state index contributed by atoms with van der Waals surface area (Å²) in [5.41, 5.74) is 2.30. The van der Waals surface area contributed by atoms with Crippen LogP contribution in [-0.4, -0.2) is 44.1 Å². The van der Waals surface area contributed by atoms with Gasteiger partial charge in [-0.3, -0.25) is 19.3 Å². The molecule has 1 aliphatic rings. The molecular weight excluding hydrogens is 342 g/mol. The Kier molecular flexibility index (Phi) is 5.88. The topological polar surface area (TPSA) is 80.1 Å². The number of hydrogen-bond acceptors (Lipinski definition) is 4. The summed E-state index contributed by atoms with van der Waals surface area (Å²) in [5.74, 6) is 0.429. The maximum Gasteiger partial charge on any atom is 0.272 e. The summed E-state index contributed by atoms with van der Waals surface area (Å²) in [6, 6.07) is 7.52. The first-order valence-corrected chi connectivity index (χ1v) is 9.44. The smallest absolute Gasteiger partial charge is 0.272 e. The maximum absolute atomic E-state index is 13.3. The quantitative estimate of drug-likeness (QED) is 0.809. The zero-order valence-corrected chi connectivity index (χ0v) is 16.2. The minimum atomic E-state index is -0.0909. The molecule has 1 N–H and O–H groups in total. The Bertz CT molecular complexity index is 800. The van der Waals surface area contributed by atoms with Crippen molar-refractivity contribution < 1.29 is 9.59 Å². The van der Waals surface area contributed by atoms with E-state index in [1.807, 2.05) is 24.3 Å². The lowest BCUT2D eigenvalue weighted by Crippen LogP contribution is -2.42. The SMILES string of the molecule is CC(C)Cc1cc(C(=O)N(Cc2ccccn2)C[C@@H]2CCC(=O)N2)n(C)n1. The number of pyridine rings is 1. The highest BCUT2D eigenvalue weighted by atomic mass is 16.2. The summed E-state index contributed by atoms with van der Waals surface area (Å²) in [5, 5.41) is 7.44. The molecule has 1 atom stereocenters. The molecule has 0 bridgehead atoms. The molecular formula is C20H27N5O2. The average Bonchev–Trinajstić information content (AvgIpc) is 3.19. The Morgan fingerprint density at radius 3 is 2.81 bits per heavy atom. The van der Waals surface area contributed by atoms with Crippen molar-refractivity contribution in [3.05, 3.63) is 47.5 Å². The van der Waals surface area contributed by atoms with Crippen molar-refractivity contribution in [1.29, 1.82) is 0 Å². The average molecular weight is 369 g/mol. The molecule has 144 valence electrons. The van der Waals surface area contributed by atoms with Gasteiger partial charge in [0.1, 0.15) is 5.69 Å². The van der Waals surface area contributed by atoms with Gasteiger partial charge in [-0.15, -0.1) is 0 Å². The minimum Gasteiger partial charge on any atom is -0.352 e. The monoisotopic (exact) mass is 369 g/mol. The largest absolute Gasteiger partial charge is 0.352 e. The van der Waals surface area contributed by atoms with Gasteiger partial charge in [0.25, 0.3) is 5.91 Å². The van der Waals surface area contributed by atoms with Crippen molar-refractivity contribution in [2.45, 2.75) is 45.7 Å². The van der Waals surface area contributed by atoms with E-state index in [-0.39, 0.29) is 17.9 Å². The normalized spacial score (nSPS) is 16.6. The van der Waals surface area contributed by atoms with Crippen LogP contribution in [0.2, 0.25) is 0 Å². The second kappa shape index (κ2) is 8.33. The Balaban J connectivity index is 1.81. The van der Waals surface area contributed by atoms with Gasteiger partial charge < -0.3 is 10.2 Å². The van der Waals surface area contributed by atoms with Crippen LogP contribution in [0.5, 0.6) is 0 Å². The molecule has 0 aromatic carbocycles.